The number of anilines is 1. The molecule has 13 heteroatoms. The number of nitro groups is 2. The number of carbonyl (C=O) groups excluding carboxylic acids is 1. The molecule has 34 heavy (non-hydrogen) atoms. The first kappa shape index (κ1) is 24.5. The van der Waals surface area contributed by atoms with E-state index in [2.05, 4.69) is 10.1 Å². The van der Waals surface area contributed by atoms with E-state index in [9.17, 15) is 38.2 Å². The normalized spacial score (nSPS) is 11.0. The van der Waals surface area contributed by atoms with Crippen LogP contribution in [0.1, 0.15) is 15.9 Å². The Morgan fingerprint density at radius 3 is 2.18 bits per heavy atom. The number of non-ortho nitro benzene ring substituents is 1. The fraction of sp³-hybridized carbons (Fsp3) is 0.0952. The Labute approximate surface area is 193 Å². The monoisotopic (exact) mass is 493 g/mol. The largest absolute Gasteiger partial charge is 0.573 e. The Bertz CT molecular complexity index is 1220. The Kier molecular flexibility index (Phi) is 7.36. The molecule has 3 aromatic carbocycles. The summed E-state index contributed by atoms with van der Waals surface area (Å²) in [6, 6.07) is 14.8. The van der Waals surface area contributed by atoms with Gasteiger partial charge in [-0.25, -0.2) is 0 Å². The van der Waals surface area contributed by atoms with E-state index >= 15 is 0 Å². The molecule has 1 amide bonds. The van der Waals surface area contributed by atoms with E-state index in [4.69, 9.17) is 0 Å². The van der Waals surface area contributed by atoms with Crippen LogP contribution in [-0.2, 0) is 5.75 Å². The van der Waals surface area contributed by atoms with Crippen molar-refractivity contribution in [2.75, 3.05) is 5.32 Å². The highest BCUT2D eigenvalue weighted by Gasteiger charge is 2.31. The average Bonchev–Trinajstić information content (AvgIpc) is 2.77. The number of carbonyl (C=O) groups is 1. The van der Waals surface area contributed by atoms with Gasteiger partial charge in [0.25, 0.3) is 17.3 Å². The summed E-state index contributed by atoms with van der Waals surface area (Å²) in [6.45, 7) is 0. The van der Waals surface area contributed by atoms with Crippen molar-refractivity contribution in [3.8, 4) is 5.75 Å². The van der Waals surface area contributed by atoms with E-state index in [-0.39, 0.29) is 16.3 Å². The van der Waals surface area contributed by atoms with E-state index in [1.165, 1.54) is 0 Å². The Morgan fingerprint density at radius 2 is 1.62 bits per heavy atom. The van der Waals surface area contributed by atoms with Crippen LogP contribution in [0.5, 0.6) is 5.75 Å². The van der Waals surface area contributed by atoms with Gasteiger partial charge in [-0.1, -0.05) is 30.3 Å². The maximum atomic E-state index is 13.0. The number of halogens is 3. The van der Waals surface area contributed by atoms with Gasteiger partial charge in [0.1, 0.15) is 11.3 Å². The summed E-state index contributed by atoms with van der Waals surface area (Å²) in [7, 11) is 0. The number of rotatable bonds is 8. The minimum Gasteiger partial charge on any atom is -0.406 e. The first-order valence-corrected chi connectivity index (χ1v) is 10.3. The Hall–Kier alpha value is -4.13. The number of amides is 1. The molecule has 0 bridgehead atoms. The van der Waals surface area contributed by atoms with Gasteiger partial charge < -0.3 is 10.1 Å². The van der Waals surface area contributed by atoms with Crippen LogP contribution in [0.4, 0.5) is 30.2 Å². The fourth-order valence-corrected chi connectivity index (χ4v) is 3.91. The second-order valence-corrected chi connectivity index (χ2v) is 7.67. The SMILES string of the molecule is O=C(Nc1ccc(OC(F)(F)F)cc1)c1c(SCc2ccccc2)cc([N+](=O)[O-])cc1[N+](=O)[O-]. The minimum atomic E-state index is -4.89. The molecule has 0 fully saturated rings. The quantitative estimate of drug-likeness (QED) is 0.234. The molecule has 0 aliphatic heterocycles. The fourth-order valence-electron chi connectivity index (χ4n) is 2.85. The van der Waals surface area contributed by atoms with Gasteiger partial charge in [-0.3, -0.25) is 25.0 Å². The van der Waals surface area contributed by atoms with Crippen molar-refractivity contribution in [3.63, 3.8) is 0 Å². The molecule has 0 saturated carbocycles. The van der Waals surface area contributed by atoms with Crippen molar-refractivity contribution < 1.29 is 32.5 Å². The van der Waals surface area contributed by atoms with Crippen molar-refractivity contribution >= 4 is 34.7 Å². The molecule has 0 aliphatic rings. The van der Waals surface area contributed by atoms with Gasteiger partial charge in [0, 0.05) is 22.4 Å². The van der Waals surface area contributed by atoms with Crippen molar-refractivity contribution in [1.82, 2.24) is 0 Å². The highest BCUT2D eigenvalue weighted by atomic mass is 32.2. The lowest BCUT2D eigenvalue weighted by atomic mass is 10.1. The summed E-state index contributed by atoms with van der Waals surface area (Å²) in [4.78, 5) is 34.2. The zero-order valence-corrected chi connectivity index (χ0v) is 17.8. The minimum absolute atomic E-state index is 0.000669. The Balaban J connectivity index is 1.94. The van der Waals surface area contributed by atoms with Crippen LogP contribution in [0.3, 0.4) is 0 Å². The number of hydrogen-bond acceptors (Lipinski definition) is 7. The van der Waals surface area contributed by atoms with Crippen LogP contribution in [0.15, 0.2) is 71.6 Å². The zero-order valence-electron chi connectivity index (χ0n) is 16.9. The van der Waals surface area contributed by atoms with Crippen molar-refractivity contribution in [2.24, 2.45) is 0 Å². The molecule has 0 aromatic heterocycles. The molecule has 0 aliphatic carbocycles. The molecule has 3 rings (SSSR count). The second-order valence-electron chi connectivity index (χ2n) is 6.65. The first-order valence-electron chi connectivity index (χ1n) is 9.34. The zero-order chi connectivity index (χ0) is 24.9. The van der Waals surface area contributed by atoms with E-state index in [1.807, 2.05) is 0 Å². The number of nitro benzene ring substituents is 2. The van der Waals surface area contributed by atoms with Crippen LogP contribution >= 0.6 is 11.8 Å². The number of nitrogens with zero attached hydrogens (tertiary/aromatic N) is 2. The van der Waals surface area contributed by atoms with E-state index < -0.39 is 44.8 Å². The summed E-state index contributed by atoms with van der Waals surface area (Å²) in [5.41, 5.74) is -0.904. The molecule has 0 unspecified atom stereocenters. The highest BCUT2D eigenvalue weighted by Crippen LogP contribution is 2.37. The molecule has 0 atom stereocenters. The third-order valence-electron chi connectivity index (χ3n) is 4.28. The van der Waals surface area contributed by atoms with Crippen LogP contribution in [0, 0.1) is 20.2 Å². The maximum Gasteiger partial charge on any atom is 0.573 e. The summed E-state index contributed by atoms with van der Waals surface area (Å²) in [6.07, 6.45) is -4.89. The topological polar surface area (TPSA) is 125 Å². The molecule has 0 spiro atoms. The number of nitrogens with one attached hydrogen (secondary N) is 1. The second kappa shape index (κ2) is 10.2. The molecular formula is C21H14F3N3O6S. The standard InChI is InChI=1S/C21H14F3N3O6S/c22-21(23,24)33-16-8-6-14(7-9-16)25-20(28)19-17(27(31)32)10-15(26(29)30)11-18(19)34-12-13-4-2-1-3-5-13/h1-11H,12H2,(H,25,28). The van der Waals surface area contributed by atoms with Crippen LogP contribution in [-0.4, -0.2) is 22.1 Å². The van der Waals surface area contributed by atoms with Gasteiger partial charge >= 0.3 is 6.36 Å². The molecule has 0 heterocycles. The highest BCUT2D eigenvalue weighted by molar-refractivity contribution is 7.98. The van der Waals surface area contributed by atoms with E-state index in [0.717, 1.165) is 47.7 Å². The summed E-state index contributed by atoms with van der Waals surface area (Å²) < 4.78 is 40.7. The van der Waals surface area contributed by atoms with Crippen molar-refractivity contribution in [1.29, 1.82) is 0 Å². The molecule has 0 saturated heterocycles. The lowest BCUT2D eigenvalue weighted by Crippen LogP contribution is -2.17. The first-order chi connectivity index (χ1) is 16.0. The third kappa shape index (κ3) is 6.45. The number of ether oxygens (including phenoxy) is 1. The Morgan fingerprint density at radius 1 is 0.971 bits per heavy atom. The smallest absolute Gasteiger partial charge is 0.406 e. The molecule has 176 valence electrons. The van der Waals surface area contributed by atoms with Gasteiger partial charge in [0.2, 0.25) is 0 Å². The van der Waals surface area contributed by atoms with E-state index in [0.29, 0.717) is 6.07 Å². The third-order valence-corrected chi connectivity index (χ3v) is 5.39. The molecule has 9 nitrogen and oxygen atoms in total. The molecule has 0 radical (unpaired) electrons. The van der Waals surface area contributed by atoms with Gasteiger partial charge in [0.05, 0.1) is 15.9 Å². The van der Waals surface area contributed by atoms with Crippen LogP contribution in [0.2, 0.25) is 0 Å². The average molecular weight is 493 g/mol. The number of alkyl halides is 3. The van der Waals surface area contributed by atoms with Gasteiger partial charge in [-0.15, -0.1) is 24.9 Å². The number of hydrogen-bond donors (Lipinski definition) is 1. The van der Waals surface area contributed by atoms with Gasteiger partial charge in [0.15, 0.2) is 0 Å². The summed E-state index contributed by atoms with van der Waals surface area (Å²) in [5.74, 6) is -1.21. The lowest BCUT2D eigenvalue weighted by molar-refractivity contribution is -0.394. The van der Waals surface area contributed by atoms with Crippen molar-refractivity contribution in [2.45, 2.75) is 17.0 Å². The number of benzene rings is 3. The summed E-state index contributed by atoms with van der Waals surface area (Å²) in [5, 5.41) is 25.3. The molecular weight excluding hydrogens is 479 g/mol. The maximum absolute atomic E-state index is 13.0. The molecule has 1 N–H and O–H groups in total. The van der Waals surface area contributed by atoms with Gasteiger partial charge in [-0.05, 0) is 29.8 Å². The van der Waals surface area contributed by atoms with Crippen LogP contribution in [0.25, 0.3) is 0 Å². The van der Waals surface area contributed by atoms with Crippen molar-refractivity contribution in [3.05, 3.63) is 98.1 Å². The van der Waals surface area contributed by atoms with E-state index in [1.54, 1.807) is 30.3 Å². The predicted octanol–water partition coefficient (Wildman–Crippen LogP) is 5.95. The predicted molar refractivity (Wildman–Crippen MR) is 117 cm³/mol. The summed E-state index contributed by atoms with van der Waals surface area (Å²) >= 11 is 0.996. The van der Waals surface area contributed by atoms with Crippen LogP contribution < -0.4 is 10.1 Å². The number of thioether (sulfide) groups is 1. The molecule has 3 aromatic rings. The van der Waals surface area contributed by atoms with Gasteiger partial charge in [-0.2, -0.15) is 0 Å². The lowest BCUT2D eigenvalue weighted by Gasteiger charge is -2.12.